The molecule has 0 amide bonds. The summed E-state index contributed by atoms with van der Waals surface area (Å²) in [5.74, 6) is 0.913. The quantitative estimate of drug-likeness (QED) is 0.279. The molecule has 0 radical (unpaired) electrons. The van der Waals surface area contributed by atoms with Gasteiger partial charge in [-0.1, -0.05) is 54.1 Å². The van der Waals surface area contributed by atoms with Gasteiger partial charge in [-0.2, -0.15) is 0 Å². The molecule has 0 spiro atoms. The third-order valence-corrected chi connectivity index (χ3v) is 6.33. The summed E-state index contributed by atoms with van der Waals surface area (Å²) < 4.78 is 6.14. The van der Waals surface area contributed by atoms with E-state index in [2.05, 4.69) is 32.1 Å². The lowest BCUT2D eigenvalue weighted by Crippen LogP contribution is -2.48. The highest BCUT2D eigenvalue weighted by molar-refractivity contribution is 6.33. The van der Waals surface area contributed by atoms with Crippen molar-refractivity contribution in [2.45, 2.75) is 6.04 Å². The first-order chi connectivity index (χ1) is 16.6. The first-order valence-corrected chi connectivity index (χ1v) is 11.3. The van der Waals surface area contributed by atoms with Gasteiger partial charge in [0.05, 0.1) is 15.5 Å². The molecular weight excluding hydrogens is 454 g/mol. The van der Waals surface area contributed by atoms with Crippen LogP contribution in [0.15, 0.2) is 83.3 Å². The van der Waals surface area contributed by atoms with E-state index in [9.17, 15) is 10.1 Å². The summed E-state index contributed by atoms with van der Waals surface area (Å²) in [5, 5.41) is 20.2. The average Bonchev–Trinajstić information content (AvgIpc) is 3.35. The minimum absolute atomic E-state index is 0.0947. The van der Waals surface area contributed by atoms with Crippen molar-refractivity contribution in [2.75, 3.05) is 31.1 Å². The molecule has 4 aromatic rings. The fraction of sp³-hybridized carbons (Fsp3) is 0.200. The summed E-state index contributed by atoms with van der Waals surface area (Å²) in [6, 6.07) is 24.0. The van der Waals surface area contributed by atoms with Crippen LogP contribution in [0.1, 0.15) is 17.5 Å². The number of anilines is 1. The summed E-state index contributed by atoms with van der Waals surface area (Å²) in [5.41, 5.74) is 2.84. The van der Waals surface area contributed by atoms with Crippen LogP contribution in [0.3, 0.4) is 0 Å². The summed E-state index contributed by atoms with van der Waals surface area (Å²) >= 11 is 6.33. The lowest BCUT2D eigenvalue weighted by Gasteiger charge is -2.39. The molecular formula is C25H22ClN5O3. The van der Waals surface area contributed by atoms with Crippen LogP contribution in [-0.4, -0.2) is 46.2 Å². The SMILES string of the molecule is O=[N+]([O-])c1ccc(N2CCN([C@H](c3ccccc3)c3nnc(-c4ccccc4Cl)o3)CC2)cc1. The number of non-ortho nitro benzene ring substituents is 1. The summed E-state index contributed by atoms with van der Waals surface area (Å²) in [6.45, 7) is 3.07. The van der Waals surface area contributed by atoms with Crippen molar-refractivity contribution in [1.29, 1.82) is 0 Å². The van der Waals surface area contributed by atoms with E-state index in [1.54, 1.807) is 30.3 Å². The number of aromatic nitrogens is 2. The highest BCUT2D eigenvalue weighted by atomic mass is 35.5. The van der Waals surface area contributed by atoms with Crippen molar-refractivity contribution in [3.05, 3.63) is 105 Å². The van der Waals surface area contributed by atoms with E-state index in [4.69, 9.17) is 16.0 Å². The van der Waals surface area contributed by atoms with Gasteiger partial charge in [0.25, 0.3) is 5.69 Å². The topological polar surface area (TPSA) is 88.5 Å². The predicted molar refractivity (Wildman–Crippen MR) is 130 cm³/mol. The zero-order valence-corrected chi connectivity index (χ0v) is 19.0. The second kappa shape index (κ2) is 9.62. The number of halogens is 1. The van der Waals surface area contributed by atoms with E-state index < -0.39 is 0 Å². The molecule has 3 aromatic carbocycles. The Morgan fingerprint density at radius 3 is 2.24 bits per heavy atom. The summed E-state index contributed by atoms with van der Waals surface area (Å²) in [6.07, 6.45) is 0. The van der Waals surface area contributed by atoms with Crippen molar-refractivity contribution in [2.24, 2.45) is 0 Å². The van der Waals surface area contributed by atoms with E-state index in [1.165, 1.54) is 0 Å². The van der Waals surface area contributed by atoms with Crippen LogP contribution in [0, 0.1) is 10.1 Å². The van der Waals surface area contributed by atoms with Crippen molar-refractivity contribution >= 4 is 23.0 Å². The van der Waals surface area contributed by atoms with Gasteiger partial charge in [0.15, 0.2) is 0 Å². The van der Waals surface area contributed by atoms with Crippen molar-refractivity contribution in [3.63, 3.8) is 0 Å². The monoisotopic (exact) mass is 475 g/mol. The van der Waals surface area contributed by atoms with Gasteiger partial charge in [0.1, 0.15) is 6.04 Å². The Morgan fingerprint density at radius 2 is 1.56 bits per heavy atom. The van der Waals surface area contributed by atoms with Crippen LogP contribution in [0.5, 0.6) is 0 Å². The van der Waals surface area contributed by atoms with Gasteiger partial charge in [0.2, 0.25) is 11.8 Å². The third-order valence-electron chi connectivity index (χ3n) is 6.00. The van der Waals surface area contributed by atoms with Gasteiger partial charge in [-0.15, -0.1) is 10.2 Å². The molecule has 34 heavy (non-hydrogen) atoms. The Kier molecular flexibility index (Phi) is 6.24. The summed E-state index contributed by atoms with van der Waals surface area (Å²) in [7, 11) is 0. The van der Waals surface area contributed by atoms with E-state index in [0.717, 1.165) is 37.4 Å². The number of benzene rings is 3. The number of nitrogens with zero attached hydrogens (tertiary/aromatic N) is 5. The smallest absolute Gasteiger partial charge is 0.269 e. The Balaban J connectivity index is 1.38. The molecule has 0 bridgehead atoms. The maximum Gasteiger partial charge on any atom is 0.269 e. The van der Waals surface area contributed by atoms with Gasteiger partial charge < -0.3 is 9.32 Å². The third kappa shape index (κ3) is 4.50. The number of piperazine rings is 1. The van der Waals surface area contributed by atoms with Crippen molar-refractivity contribution in [3.8, 4) is 11.5 Å². The second-order valence-corrected chi connectivity index (χ2v) is 8.44. The molecule has 0 N–H and O–H groups in total. The van der Waals surface area contributed by atoms with E-state index in [-0.39, 0.29) is 16.7 Å². The minimum Gasteiger partial charge on any atom is -0.419 e. The summed E-state index contributed by atoms with van der Waals surface area (Å²) in [4.78, 5) is 15.1. The van der Waals surface area contributed by atoms with Crippen molar-refractivity contribution in [1.82, 2.24) is 15.1 Å². The number of hydrogen-bond acceptors (Lipinski definition) is 7. The van der Waals surface area contributed by atoms with Gasteiger partial charge in [-0.25, -0.2) is 0 Å². The first kappa shape index (κ1) is 22.1. The molecule has 1 atom stereocenters. The highest BCUT2D eigenvalue weighted by Gasteiger charge is 2.31. The fourth-order valence-corrected chi connectivity index (χ4v) is 4.47. The molecule has 0 unspecified atom stereocenters. The number of hydrogen-bond donors (Lipinski definition) is 0. The zero-order chi connectivity index (χ0) is 23.5. The van der Waals surface area contributed by atoms with E-state index in [1.807, 2.05) is 36.4 Å². The second-order valence-electron chi connectivity index (χ2n) is 8.04. The largest absolute Gasteiger partial charge is 0.419 e. The molecule has 1 aliphatic heterocycles. The molecule has 1 aliphatic rings. The molecule has 1 saturated heterocycles. The normalized spacial score (nSPS) is 15.3. The number of nitro benzene ring substituents is 1. The maximum absolute atomic E-state index is 10.9. The molecule has 2 heterocycles. The Morgan fingerprint density at radius 1 is 0.882 bits per heavy atom. The van der Waals surface area contributed by atoms with Crippen molar-refractivity contribution < 1.29 is 9.34 Å². The molecule has 5 rings (SSSR count). The Labute approximate surface area is 201 Å². The molecule has 0 saturated carbocycles. The highest BCUT2D eigenvalue weighted by Crippen LogP contribution is 2.33. The van der Waals surface area contributed by atoms with Gasteiger partial charge in [-0.05, 0) is 29.8 Å². The van der Waals surface area contributed by atoms with Gasteiger partial charge >= 0.3 is 0 Å². The number of nitro groups is 1. The molecule has 1 aromatic heterocycles. The standard InChI is InChI=1S/C25H22ClN5O3/c26-22-9-5-4-8-21(22)24-27-28-25(34-24)23(18-6-2-1-3-7-18)30-16-14-29(15-17-30)19-10-12-20(13-11-19)31(32)33/h1-13,23H,14-17H2/t23-/m1/s1. The molecule has 9 heteroatoms. The lowest BCUT2D eigenvalue weighted by atomic mass is 10.0. The molecule has 172 valence electrons. The molecule has 0 aliphatic carbocycles. The van der Waals surface area contributed by atoms with Crippen LogP contribution in [-0.2, 0) is 0 Å². The van der Waals surface area contributed by atoms with E-state index >= 15 is 0 Å². The van der Waals surface area contributed by atoms with E-state index in [0.29, 0.717) is 22.4 Å². The lowest BCUT2D eigenvalue weighted by molar-refractivity contribution is -0.384. The zero-order valence-electron chi connectivity index (χ0n) is 18.3. The molecule has 1 fully saturated rings. The average molecular weight is 476 g/mol. The fourth-order valence-electron chi connectivity index (χ4n) is 4.26. The van der Waals surface area contributed by atoms with Crippen LogP contribution in [0.2, 0.25) is 5.02 Å². The van der Waals surface area contributed by atoms with Crippen LogP contribution >= 0.6 is 11.6 Å². The number of rotatable bonds is 6. The van der Waals surface area contributed by atoms with Crippen LogP contribution < -0.4 is 4.90 Å². The Bertz CT molecular complexity index is 1270. The van der Waals surface area contributed by atoms with Crippen LogP contribution in [0.4, 0.5) is 11.4 Å². The minimum atomic E-state index is -0.381. The molecule has 8 nitrogen and oxygen atoms in total. The maximum atomic E-state index is 10.9. The van der Waals surface area contributed by atoms with Crippen LogP contribution in [0.25, 0.3) is 11.5 Å². The Hall–Kier alpha value is -3.75. The predicted octanol–water partition coefficient (Wildman–Crippen LogP) is 5.21. The first-order valence-electron chi connectivity index (χ1n) is 11.0. The van der Waals surface area contributed by atoms with Gasteiger partial charge in [-0.3, -0.25) is 15.0 Å². The van der Waals surface area contributed by atoms with Gasteiger partial charge in [0, 0.05) is 44.0 Å².